The third kappa shape index (κ3) is 7.86. The first-order valence-corrected chi connectivity index (χ1v) is 11.8. The maximum absolute atomic E-state index is 10.5. The number of allylic oxidation sites excluding steroid dienone is 1. The molecule has 0 amide bonds. The third-order valence-electron chi connectivity index (χ3n) is 5.18. The van der Waals surface area contributed by atoms with E-state index in [0.717, 1.165) is 24.3 Å². The van der Waals surface area contributed by atoms with Crippen molar-refractivity contribution < 1.29 is 9.84 Å². The normalized spacial score (nSPS) is 15.6. The molecule has 10 nitrogen and oxygen atoms in total. The van der Waals surface area contributed by atoms with Gasteiger partial charge in [0.15, 0.2) is 11.6 Å². The number of aromatic nitrogens is 5. The molecule has 1 unspecified atom stereocenters. The van der Waals surface area contributed by atoms with Crippen molar-refractivity contribution in [1.29, 1.82) is 0 Å². The van der Waals surface area contributed by atoms with Crippen LogP contribution in [0, 0.1) is 0 Å². The molecule has 2 aromatic heterocycles. The molecule has 0 spiro atoms. The van der Waals surface area contributed by atoms with Gasteiger partial charge in [0.05, 0.1) is 25.0 Å². The molecular formula is C24H29ClN8O2. The Kier molecular flexibility index (Phi) is 8.79. The zero-order chi connectivity index (χ0) is 24.5. The van der Waals surface area contributed by atoms with E-state index in [4.69, 9.17) is 16.3 Å². The highest BCUT2D eigenvalue weighted by molar-refractivity contribution is 6.30. The lowest BCUT2D eigenvalue weighted by molar-refractivity contribution is 0.0171. The molecule has 1 fully saturated rings. The van der Waals surface area contributed by atoms with Gasteiger partial charge in [-0.1, -0.05) is 35.9 Å². The molecule has 184 valence electrons. The van der Waals surface area contributed by atoms with Gasteiger partial charge in [-0.3, -0.25) is 10.00 Å². The quantitative estimate of drug-likeness (QED) is 0.334. The lowest BCUT2D eigenvalue weighted by atomic mass is 10.2. The molecule has 35 heavy (non-hydrogen) atoms. The second-order valence-electron chi connectivity index (χ2n) is 8.01. The summed E-state index contributed by atoms with van der Waals surface area (Å²) in [5.41, 5.74) is 1.78. The Balaban J connectivity index is 1.49. The molecule has 0 bridgehead atoms. The fourth-order valence-electron chi connectivity index (χ4n) is 3.52. The van der Waals surface area contributed by atoms with Crippen LogP contribution in [0.4, 0.5) is 17.7 Å². The number of anilines is 3. The van der Waals surface area contributed by atoms with Crippen LogP contribution in [-0.2, 0) is 4.74 Å². The van der Waals surface area contributed by atoms with Crippen LogP contribution in [0.25, 0.3) is 18.2 Å². The standard InChI is InChI=1S/C24H29ClN8O2/c1-2-4-19-14-22(32-31-19)29-24-28-21(8-7-17-5-3-6-18(25)13-17)27-23(30-24)26-15-20(34)16-33-9-11-35-12-10-33/h2-8,13-14,20,34H,9-12,15-16H2,1H3,(H3,26,27,28,29,30,31,32)/b4-2+,8-7+. The number of nitrogens with zero attached hydrogens (tertiary/aromatic N) is 5. The van der Waals surface area contributed by atoms with Gasteiger partial charge in [-0.05, 0) is 36.8 Å². The number of rotatable bonds is 10. The number of halogens is 1. The average Bonchev–Trinajstić information content (AvgIpc) is 3.29. The summed E-state index contributed by atoms with van der Waals surface area (Å²) in [4.78, 5) is 15.6. The van der Waals surface area contributed by atoms with Gasteiger partial charge < -0.3 is 20.5 Å². The van der Waals surface area contributed by atoms with Gasteiger partial charge >= 0.3 is 0 Å². The second-order valence-corrected chi connectivity index (χ2v) is 8.45. The molecule has 1 atom stereocenters. The Bertz CT molecular complexity index is 1160. The van der Waals surface area contributed by atoms with Crippen LogP contribution < -0.4 is 10.6 Å². The molecular weight excluding hydrogens is 468 g/mol. The highest BCUT2D eigenvalue weighted by atomic mass is 35.5. The van der Waals surface area contributed by atoms with Gasteiger partial charge in [0, 0.05) is 37.3 Å². The highest BCUT2D eigenvalue weighted by Crippen LogP contribution is 2.16. The van der Waals surface area contributed by atoms with Crippen LogP contribution in [0.5, 0.6) is 0 Å². The average molecular weight is 497 g/mol. The van der Waals surface area contributed by atoms with Gasteiger partial charge in [-0.25, -0.2) is 0 Å². The molecule has 0 radical (unpaired) electrons. The fourth-order valence-corrected chi connectivity index (χ4v) is 3.72. The molecule has 3 heterocycles. The lowest BCUT2D eigenvalue weighted by Crippen LogP contribution is -2.42. The largest absolute Gasteiger partial charge is 0.390 e. The molecule has 4 rings (SSSR count). The summed E-state index contributed by atoms with van der Waals surface area (Å²) in [6, 6.07) is 9.35. The van der Waals surface area contributed by atoms with Gasteiger partial charge in [0.2, 0.25) is 11.9 Å². The summed E-state index contributed by atoms with van der Waals surface area (Å²) < 4.78 is 5.36. The summed E-state index contributed by atoms with van der Waals surface area (Å²) >= 11 is 6.09. The van der Waals surface area contributed by atoms with E-state index in [-0.39, 0.29) is 0 Å². The molecule has 3 aromatic rings. The Morgan fingerprint density at radius 3 is 2.77 bits per heavy atom. The van der Waals surface area contributed by atoms with Gasteiger partial charge in [-0.15, -0.1) is 0 Å². The molecule has 1 aromatic carbocycles. The molecule has 4 N–H and O–H groups in total. The number of ether oxygens (including phenoxy) is 1. The van der Waals surface area contributed by atoms with E-state index in [9.17, 15) is 5.11 Å². The number of aliphatic hydroxyl groups is 1. The Morgan fingerprint density at radius 2 is 1.97 bits per heavy atom. The zero-order valence-corrected chi connectivity index (χ0v) is 20.2. The highest BCUT2D eigenvalue weighted by Gasteiger charge is 2.15. The van der Waals surface area contributed by atoms with Gasteiger partial charge in [0.25, 0.3) is 0 Å². The smallest absolute Gasteiger partial charge is 0.233 e. The first kappa shape index (κ1) is 24.8. The van der Waals surface area contributed by atoms with Crippen molar-refractivity contribution in [3.05, 3.63) is 58.5 Å². The van der Waals surface area contributed by atoms with Crippen LogP contribution in [0.2, 0.25) is 5.02 Å². The van der Waals surface area contributed by atoms with Crippen molar-refractivity contribution in [2.45, 2.75) is 13.0 Å². The number of aliphatic hydroxyl groups excluding tert-OH is 1. The van der Waals surface area contributed by atoms with Crippen LogP contribution in [0.3, 0.4) is 0 Å². The third-order valence-corrected chi connectivity index (χ3v) is 5.41. The summed E-state index contributed by atoms with van der Waals surface area (Å²) in [5.74, 6) is 1.69. The van der Waals surface area contributed by atoms with Crippen molar-refractivity contribution in [3.8, 4) is 0 Å². The van der Waals surface area contributed by atoms with Crippen molar-refractivity contribution >= 4 is 47.5 Å². The fraction of sp³-hybridized carbons (Fsp3) is 0.333. The summed E-state index contributed by atoms with van der Waals surface area (Å²) in [5, 5.41) is 24.5. The van der Waals surface area contributed by atoms with Crippen LogP contribution in [0.1, 0.15) is 24.0 Å². The number of aromatic amines is 1. The minimum Gasteiger partial charge on any atom is -0.390 e. The molecule has 1 aliphatic rings. The lowest BCUT2D eigenvalue weighted by Gasteiger charge is -2.28. The summed E-state index contributed by atoms with van der Waals surface area (Å²) in [6.45, 7) is 5.79. The van der Waals surface area contributed by atoms with Gasteiger partial charge in [-0.2, -0.15) is 20.1 Å². The van der Waals surface area contributed by atoms with E-state index in [1.54, 1.807) is 6.08 Å². The van der Waals surface area contributed by atoms with Crippen molar-refractivity contribution in [3.63, 3.8) is 0 Å². The number of hydrogen-bond donors (Lipinski definition) is 4. The summed E-state index contributed by atoms with van der Waals surface area (Å²) in [6.07, 6.45) is 6.91. The predicted octanol–water partition coefficient (Wildman–Crippen LogP) is 3.30. The first-order valence-electron chi connectivity index (χ1n) is 11.4. The number of morpholine rings is 1. The summed E-state index contributed by atoms with van der Waals surface area (Å²) in [7, 11) is 0. The Morgan fingerprint density at radius 1 is 1.14 bits per heavy atom. The topological polar surface area (TPSA) is 124 Å². The van der Waals surface area contributed by atoms with E-state index >= 15 is 0 Å². The molecule has 1 aliphatic heterocycles. The molecule has 11 heteroatoms. The van der Waals surface area contributed by atoms with Gasteiger partial charge in [0.1, 0.15) is 0 Å². The molecule has 1 saturated heterocycles. The molecule has 0 saturated carbocycles. The van der Waals surface area contributed by atoms with Crippen LogP contribution >= 0.6 is 11.6 Å². The van der Waals surface area contributed by atoms with E-state index in [1.807, 2.05) is 55.5 Å². The number of hydrogen-bond acceptors (Lipinski definition) is 9. The SMILES string of the molecule is C/C=C/c1cc(Nc2nc(/C=C/c3cccc(Cl)c3)nc(NCC(O)CN3CCOCC3)n2)n[nH]1. The maximum Gasteiger partial charge on any atom is 0.233 e. The van der Waals surface area contributed by atoms with Crippen molar-refractivity contribution in [2.24, 2.45) is 0 Å². The minimum atomic E-state index is -0.582. The van der Waals surface area contributed by atoms with Crippen LogP contribution in [-0.4, -0.2) is 80.7 Å². The Labute approximate surface area is 209 Å². The van der Waals surface area contributed by atoms with Crippen molar-refractivity contribution in [1.82, 2.24) is 30.0 Å². The predicted molar refractivity (Wildman–Crippen MR) is 139 cm³/mol. The van der Waals surface area contributed by atoms with Crippen LogP contribution in [0.15, 0.2) is 36.4 Å². The van der Waals surface area contributed by atoms with Crippen molar-refractivity contribution in [2.75, 3.05) is 50.0 Å². The number of H-pyrrole nitrogens is 1. The van der Waals surface area contributed by atoms with E-state index in [1.165, 1.54) is 0 Å². The second kappa shape index (κ2) is 12.4. The number of benzene rings is 1. The van der Waals surface area contributed by atoms with E-state index in [2.05, 4.69) is 40.7 Å². The zero-order valence-electron chi connectivity index (χ0n) is 19.5. The minimum absolute atomic E-state index is 0.298. The maximum atomic E-state index is 10.5. The monoisotopic (exact) mass is 496 g/mol. The molecule has 0 aliphatic carbocycles. The van der Waals surface area contributed by atoms with E-state index in [0.29, 0.717) is 54.9 Å². The Hall–Kier alpha value is -3.31. The number of nitrogens with one attached hydrogen (secondary N) is 3. The first-order chi connectivity index (χ1) is 17.1. The van der Waals surface area contributed by atoms with E-state index < -0.39 is 6.10 Å². The number of β-amino-alcohol motifs (C(OH)–C–C–N with tert-alkyl or cyclic N) is 1.